The lowest BCUT2D eigenvalue weighted by Crippen LogP contribution is -2.62. The van der Waals surface area contributed by atoms with Crippen LogP contribution in [0.5, 0.6) is 0 Å². The molecule has 3 N–H and O–H groups in total. The summed E-state index contributed by atoms with van der Waals surface area (Å²) in [5, 5.41) is 8.35. The van der Waals surface area contributed by atoms with Crippen molar-refractivity contribution in [3.8, 4) is 0 Å². The Bertz CT molecular complexity index is 351. The molecule has 0 unspecified atom stereocenters. The van der Waals surface area contributed by atoms with Gasteiger partial charge in [0.25, 0.3) is 0 Å². The van der Waals surface area contributed by atoms with E-state index in [-0.39, 0.29) is 11.9 Å². The number of imide groups is 1. The first kappa shape index (κ1) is 16.2. The van der Waals surface area contributed by atoms with Crippen molar-refractivity contribution < 1.29 is 9.59 Å². The van der Waals surface area contributed by atoms with E-state index in [0.29, 0.717) is 19.1 Å². The Morgan fingerprint density at radius 2 is 1.90 bits per heavy atom. The predicted molar refractivity (Wildman–Crippen MR) is 81.1 cm³/mol. The molecule has 7 heteroatoms. The summed E-state index contributed by atoms with van der Waals surface area (Å²) < 4.78 is 0. The lowest BCUT2D eigenvalue weighted by Gasteiger charge is -2.43. The van der Waals surface area contributed by atoms with Crippen LogP contribution in [0.25, 0.3) is 0 Å². The number of unbranched alkanes of at least 4 members (excludes halogenated alkanes) is 1. The Hall–Kier alpha value is -1.18. The third kappa shape index (κ3) is 5.26. The molecule has 2 aliphatic heterocycles. The van der Waals surface area contributed by atoms with Gasteiger partial charge in [0.15, 0.2) is 0 Å². The van der Waals surface area contributed by atoms with Gasteiger partial charge in [-0.2, -0.15) is 0 Å². The summed E-state index contributed by atoms with van der Waals surface area (Å²) in [5.41, 5.74) is 0. The molecule has 2 fully saturated rings. The van der Waals surface area contributed by atoms with Crippen LogP contribution in [0.3, 0.4) is 0 Å². The van der Waals surface area contributed by atoms with Crippen LogP contribution in [0.2, 0.25) is 0 Å². The maximum atomic E-state index is 11.8. The number of hydrogen-bond donors (Lipinski definition) is 3. The average Bonchev–Trinajstić information content (AvgIpc) is 2.39. The van der Waals surface area contributed by atoms with Crippen LogP contribution in [-0.4, -0.2) is 80.1 Å². The van der Waals surface area contributed by atoms with Gasteiger partial charge in [-0.25, -0.2) is 4.79 Å². The minimum Gasteiger partial charge on any atom is -0.338 e. The summed E-state index contributed by atoms with van der Waals surface area (Å²) in [4.78, 5) is 27.9. The smallest absolute Gasteiger partial charge is 0.321 e. The molecule has 0 bridgehead atoms. The quantitative estimate of drug-likeness (QED) is 0.560. The fraction of sp³-hybridized carbons (Fsp3) is 0.857. The van der Waals surface area contributed by atoms with Crippen LogP contribution < -0.4 is 16.0 Å². The van der Waals surface area contributed by atoms with Crippen molar-refractivity contribution in [2.24, 2.45) is 0 Å². The second-order valence-electron chi connectivity index (χ2n) is 5.78. The van der Waals surface area contributed by atoms with Gasteiger partial charge in [0.2, 0.25) is 5.91 Å². The van der Waals surface area contributed by atoms with E-state index in [9.17, 15) is 9.59 Å². The third-order valence-corrected chi connectivity index (χ3v) is 4.12. The van der Waals surface area contributed by atoms with Crippen LogP contribution in [0.1, 0.15) is 19.8 Å². The molecule has 0 aliphatic carbocycles. The summed E-state index contributed by atoms with van der Waals surface area (Å²) in [6.45, 7) is 8.93. The first-order valence-electron chi connectivity index (χ1n) is 7.94. The zero-order valence-corrected chi connectivity index (χ0v) is 12.9. The van der Waals surface area contributed by atoms with E-state index in [4.69, 9.17) is 0 Å². The maximum Gasteiger partial charge on any atom is 0.321 e. The molecular weight excluding hydrogens is 270 g/mol. The molecular formula is C14H27N5O2. The predicted octanol–water partition coefficient (Wildman–Crippen LogP) is -0.798. The Kier molecular flexibility index (Phi) is 6.41. The summed E-state index contributed by atoms with van der Waals surface area (Å²) in [6, 6.07) is 0.290. The molecule has 120 valence electrons. The van der Waals surface area contributed by atoms with Gasteiger partial charge in [-0.05, 0) is 6.42 Å². The highest BCUT2D eigenvalue weighted by Gasteiger charge is 2.28. The van der Waals surface area contributed by atoms with Crippen LogP contribution in [-0.2, 0) is 4.79 Å². The van der Waals surface area contributed by atoms with E-state index in [0.717, 1.165) is 52.1 Å². The number of nitrogens with one attached hydrogen (secondary N) is 3. The zero-order chi connectivity index (χ0) is 15.1. The molecule has 0 spiro atoms. The van der Waals surface area contributed by atoms with Gasteiger partial charge in [-0.3, -0.25) is 19.9 Å². The van der Waals surface area contributed by atoms with Crippen molar-refractivity contribution in [2.75, 3.05) is 52.4 Å². The lowest BCUT2D eigenvalue weighted by atomic mass is 10.1. The topological polar surface area (TPSA) is 76.7 Å². The average molecular weight is 297 g/mol. The molecule has 7 nitrogen and oxygen atoms in total. The standard InChI is InChI=1S/C14H27N5O2/c1-2-3-4-16-14(21)17-13(20)11-18-5-7-19(8-6-18)12-9-15-10-12/h12,15H,2-11H2,1H3,(H2,16,17,20,21). The second-order valence-corrected chi connectivity index (χ2v) is 5.78. The lowest BCUT2D eigenvalue weighted by molar-refractivity contribution is -0.121. The summed E-state index contributed by atoms with van der Waals surface area (Å²) in [6.07, 6.45) is 1.95. The number of rotatable bonds is 6. The van der Waals surface area contributed by atoms with Crippen LogP contribution in [0.4, 0.5) is 4.79 Å². The Morgan fingerprint density at radius 1 is 1.19 bits per heavy atom. The fourth-order valence-corrected chi connectivity index (χ4v) is 2.61. The van der Waals surface area contributed by atoms with Gasteiger partial charge in [0, 0.05) is 51.9 Å². The molecule has 0 aromatic heterocycles. The number of carbonyl (C=O) groups is 2. The molecule has 0 aromatic rings. The van der Waals surface area contributed by atoms with Gasteiger partial charge in [0.05, 0.1) is 6.54 Å². The van der Waals surface area contributed by atoms with Gasteiger partial charge < -0.3 is 10.6 Å². The minimum absolute atomic E-state index is 0.220. The molecule has 2 saturated heterocycles. The van der Waals surface area contributed by atoms with Crippen LogP contribution in [0.15, 0.2) is 0 Å². The zero-order valence-electron chi connectivity index (χ0n) is 12.9. The second kappa shape index (κ2) is 8.31. The first-order chi connectivity index (χ1) is 10.2. The van der Waals surface area contributed by atoms with Crippen molar-refractivity contribution in [3.05, 3.63) is 0 Å². The number of piperazine rings is 1. The minimum atomic E-state index is -0.382. The van der Waals surface area contributed by atoms with E-state index in [1.165, 1.54) is 0 Å². The van der Waals surface area contributed by atoms with E-state index < -0.39 is 0 Å². The normalized spacial score (nSPS) is 20.8. The number of hydrogen-bond acceptors (Lipinski definition) is 5. The van der Waals surface area contributed by atoms with Crippen molar-refractivity contribution in [1.29, 1.82) is 0 Å². The van der Waals surface area contributed by atoms with E-state index in [2.05, 4.69) is 32.7 Å². The summed E-state index contributed by atoms with van der Waals surface area (Å²) >= 11 is 0. The maximum absolute atomic E-state index is 11.8. The molecule has 3 amide bonds. The molecule has 2 rings (SSSR count). The first-order valence-corrected chi connectivity index (χ1v) is 7.94. The van der Waals surface area contributed by atoms with Gasteiger partial charge in [0.1, 0.15) is 0 Å². The van der Waals surface area contributed by atoms with Gasteiger partial charge in [-0.1, -0.05) is 13.3 Å². The number of nitrogens with zero attached hydrogens (tertiary/aromatic N) is 2. The molecule has 0 radical (unpaired) electrons. The van der Waals surface area contributed by atoms with Crippen molar-refractivity contribution in [3.63, 3.8) is 0 Å². The molecule has 2 heterocycles. The van der Waals surface area contributed by atoms with Gasteiger partial charge >= 0.3 is 6.03 Å². The molecule has 0 saturated carbocycles. The van der Waals surface area contributed by atoms with Crippen LogP contribution in [0, 0.1) is 0 Å². The van der Waals surface area contributed by atoms with Crippen LogP contribution >= 0.6 is 0 Å². The third-order valence-electron chi connectivity index (χ3n) is 4.12. The highest BCUT2D eigenvalue weighted by Crippen LogP contribution is 2.09. The van der Waals surface area contributed by atoms with E-state index in [1.54, 1.807) is 0 Å². The summed E-state index contributed by atoms with van der Waals surface area (Å²) in [7, 11) is 0. The van der Waals surface area contributed by atoms with E-state index in [1.807, 2.05) is 0 Å². The monoisotopic (exact) mass is 297 g/mol. The van der Waals surface area contributed by atoms with Gasteiger partial charge in [-0.15, -0.1) is 0 Å². The number of urea groups is 1. The molecule has 2 aliphatic rings. The molecule has 21 heavy (non-hydrogen) atoms. The Labute approximate surface area is 126 Å². The van der Waals surface area contributed by atoms with Crippen molar-refractivity contribution in [2.45, 2.75) is 25.8 Å². The highest BCUT2D eigenvalue weighted by atomic mass is 16.2. The highest BCUT2D eigenvalue weighted by molar-refractivity contribution is 5.95. The summed E-state index contributed by atoms with van der Waals surface area (Å²) in [5.74, 6) is -0.220. The van der Waals surface area contributed by atoms with Crippen molar-refractivity contribution >= 4 is 11.9 Å². The SMILES string of the molecule is CCCCNC(=O)NC(=O)CN1CCN(C2CNC2)CC1. The van der Waals surface area contributed by atoms with Crippen molar-refractivity contribution in [1.82, 2.24) is 25.8 Å². The fourth-order valence-electron chi connectivity index (χ4n) is 2.61. The number of amides is 3. The Morgan fingerprint density at radius 3 is 2.48 bits per heavy atom. The molecule has 0 aromatic carbocycles. The molecule has 0 atom stereocenters. The number of carbonyl (C=O) groups excluding carboxylic acids is 2. The van der Waals surface area contributed by atoms with E-state index >= 15 is 0 Å². The largest absolute Gasteiger partial charge is 0.338 e. The Balaban J connectivity index is 1.59.